The van der Waals surface area contributed by atoms with Gasteiger partial charge < -0.3 is 4.74 Å². The highest BCUT2D eigenvalue weighted by molar-refractivity contribution is 7.87. The molecular formula is C11H19F3O4S. The Labute approximate surface area is 111 Å². The standard InChI is InChI=1S/C11H19F3O4S/c1-17-8-10(7-9-5-3-2-4-6-9)18-19(15,16)11(12,13)14/h9-10H,2-8H2,1H3. The van der Waals surface area contributed by atoms with Crippen LogP contribution in [-0.4, -0.2) is 33.7 Å². The average molecular weight is 304 g/mol. The molecule has 1 unspecified atom stereocenters. The molecule has 0 saturated heterocycles. The fourth-order valence-electron chi connectivity index (χ4n) is 2.35. The van der Waals surface area contributed by atoms with Gasteiger partial charge in [-0.2, -0.15) is 21.6 Å². The van der Waals surface area contributed by atoms with Crippen LogP contribution in [0.4, 0.5) is 13.2 Å². The number of methoxy groups -OCH3 is 1. The van der Waals surface area contributed by atoms with Crippen LogP contribution in [0, 0.1) is 5.92 Å². The molecule has 0 radical (unpaired) electrons. The molecule has 0 aromatic carbocycles. The Kier molecular flexibility index (Phi) is 6.07. The second-order valence-electron chi connectivity index (χ2n) is 4.81. The van der Waals surface area contributed by atoms with Crippen LogP contribution in [0.15, 0.2) is 0 Å². The van der Waals surface area contributed by atoms with E-state index in [0.717, 1.165) is 32.1 Å². The van der Waals surface area contributed by atoms with Crippen LogP contribution in [0.5, 0.6) is 0 Å². The molecule has 0 amide bonds. The van der Waals surface area contributed by atoms with Crippen molar-refractivity contribution in [3.05, 3.63) is 0 Å². The van der Waals surface area contributed by atoms with Gasteiger partial charge in [-0.1, -0.05) is 32.1 Å². The zero-order valence-electron chi connectivity index (χ0n) is 10.8. The molecule has 0 aromatic rings. The number of halogens is 3. The van der Waals surface area contributed by atoms with Gasteiger partial charge in [0.1, 0.15) is 6.10 Å². The minimum atomic E-state index is -5.55. The summed E-state index contributed by atoms with van der Waals surface area (Å²) < 4.78 is 67.7. The molecule has 1 rings (SSSR count). The third-order valence-corrected chi connectivity index (χ3v) is 4.31. The van der Waals surface area contributed by atoms with Gasteiger partial charge >= 0.3 is 15.6 Å². The van der Waals surface area contributed by atoms with E-state index in [4.69, 9.17) is 4.74 Å². The van der Waals surface area contributed by atoms with Crippen molar-refractivity contribution in [3.63, 3.8) is 0 Å². The lowest BCUT2D eigenvalue weighted by atomic mass is 9.85. The minimum Gasteiger partial charge on any atom is -0.382 e. The highest BCUT2D eigenvalue weighted by Gasteiger charge is 2.48. The molecule has 0 bridgehead atoms. The van der Waals surface area contributed by atoms with E-state index in [2.05, 4.69) is 4.18 Å². The number of alkyl halides is 3. The maximum atomic E-state index is 12.3. The summed E-state index contributed by atoms with van der Waals surface area (Å²) in [6, 6.07) is 0. The Morgan fingerprint density at radius 2 is 1.79 bits per heavy atom. The van der Waals surface area contributed by atoms with Crippen molar-refractivity contribution in [2.75, 3.05) is 13.7 Å². The van der Waals surface area contributed by atoms with Crippen molar-refractivity contribution in [1.29, 1.82) is 0 Å². The molecule has 1 saturated carbocycles. The topological polar surface area (TPSA) is 52.6 Å². The van der Waals surface area contributed by atoms with E-state index in [9.17, 15) is 21.6 Å². The SMILES string of the molecule is COCC(CC1CCCCC1)OS(=O)(=O)C(F)(F)F. The van der Waals surface area contributed by atoms with E-state index in [1.807, 2.05) is 0 Å². The Morgan fingerprint density at radius 3 is 2.26 bits per heavy atom. The molecule has 0 N–H and O–H groups in total. The van der Waals surface area contributed by atoms with Crippen LogP contribution in [0.25, 0.3) is 0 Å². The Bertz CT molecular complexity index is 361. The van der Waals surface area contributed by atoms with E-state index < -0.39 is 21.7 Å². The lowest BCUT2D eigenvalue weighted by Crippen LogP contribution is -2.33. The zero-order chi connectivity index (χ0) is 14.5. The second kappa shape index (κ2) is 6.90. The summed E-state index contributed by atoms with van der Waals surface area (Å²) in [7, 11) is -4.25. The summed E-state index contributed by atoms with van der Waals surface area (Å²) in [6.07, 6.45) is 4.17. The van der Waals surface area contributed by atoms with Crippen molar-refractivity contribution in [2.24, 2.45) is 5.92 Å². The van der Waals surface area contributed by atoms with Gasteiger partial charge in [0.25, 0.3) is 0 Å². The molecule has 8 heteroatoms. The lowest BCUT2D eigenvalue weighted by Gasteiger charge is -2.26. The van der Waals surface area contributed by atoms with E-state index in [1.165, 1.54) is 7.11 Å². The highest BCUT2D eigenvalue weighted by Crippen LogP contribution is 2.31. The first-order valence-corrected chi connectivity index (χ1v) is 7.65. The summed E-state index contributed by atoms with van der Waals surface area (Å²) >= 11 is 0. The van der Waals surface area contributed by atoms with Crippen LogP contribution < -0.4 is 0 Å². The van der Waals surface area contributed by atoms with Gasteiger partial charge in [-0.15, -0.1) is 0 Å². The molecule has 19 heavy (non-hydrogen) atoms. The molecule has 0 heterocycles. The summed E-state index contributed by atoms with van der Waals surface area (Å²) in [5.41, 5.74) is -5.38. The number of ether oxygens (including phenoxy) is 1. The summed E-state index contributed by atoms with van der Waals surface area (Å²) in [4.78, 5) is 0. The summed E-state index contributed by atoms with van der Waals surface area (Å²) in [6.45, 7) is -0.161. The van der Waals surface area contributed by atoms with Gasteiger partial charge in [-0.3, -0.25) is 4.18 Å². The first-order chi connectivity index (χ1) is 8.76. The maximum Gasteiger partial charge on any atom is 0.523 e. The van der Waals surface area contributed by atoms with Crippen LogP contribution in [-0.2, 0) is 19.0 Å². The van der Waals surface area contributed by atoms with Gasteiger partial charge in [0, 0.05) is 7.11 Å². The van der Waals surface area contributed by atoms with E-state index in [1.54, 1.807) is 0 Å². The van der Waals surface area contributed by atoms with Crippen LogP contribution in [0.1, 0.15) is 38.5 Å². The molecule has 114 valence electrons. The van der Waals surface area contributed by atoms with Crippen molar-refractivity contribution >= 4 is 10.1 Å². The quantitative estimate of drug-likeness (QED) is 0.559. The molecular weight excluding hydrogens is 285 g/mol. The first-order valence-electron chi connectivity index (χ1n) is 6.24. The van der Waals surface area contributed by atoms with E-state index >= 15 is 0 Å². The Hall–Kier alpha value is -0.340. The minimum absolute atomic E-state index is 0.161. The van der Waals surface area contributed by atoms with Gasteiger partial charge in [-0.25, -0.2) is 0 Å². The van der Waals surface area contributed by atoms with Crippen LogP contribution >= 0.6 is 0 Å². The van der Waals surface area contributed by atoms with E-state index in [-0.39, 0.29) is 18.9 Å². The molecule has 4 nitrogen and oxygen atoms in total. The molecule has 1 atom stereocenters. The predicted octanol–water partition coefficient (Wildman–Crippen LogP) is 2.84. The predicted molar refractivity (Wildman–Crippen MR) is 62.9 cm³/mol. The summed E-state index contributed by atoms with van der Waals surface area (Å²) in [5.74, 6) is 0.206. The van der Waals surface area contributed by atoms with Crippen molar-refractivity contribution in [3.8, 4) is 0 Å². The smallest absolute Gasteiger partial charge is 0.382 e. The maximum absolute atomic E-state index is 12.3. The zero-order valence-corrected chi connectivity index (χ0v) is 11.6. The van der Waals surface area contributed by atoms with Gasteiger partial charge in [0.05, 0.1) is 6.61 Å². The van der Waals surface area contributed by atoms with Crippen LogP contribution in [0.2, 0.25) is 0 Å². The Balaban J connectivity index is 2.62. The average Bonchev–Trinajstić information content (AvgIpc) is 2.28. The van der Waals surface area contributed by atoms with Crippen molar-refractivity contribution in [1.82, 2.24) is 0 Å². The van der Waals surface area contributed by atoms with E-state index in [0.29, 0.717) is 0 Å². The molecule has 0 aromatic heterocycles. The fraction of sp³-hybridized carbons (Fsp3) is 1.00. The molecule has 0 aliphatic heterocycles. The molecule has 0 spiro atoms. The Morgan fingerprint density at radius 1 is 1.21 bits per heavy atom. The second-order valence-corrected chi connectivity index (χ2v) is 6.38. The highest BCUT2D eigenvalue weighted by atomic mass is 32.2. The molecule has 1 aliphatic rings. The largest absolute Gasteiger partial charge is 0.523 e. The monoisotopic (exact) mass is 304 g/mol. The number of hydrogen-bond donors (Lipinski definition) is 0. The normalized spacial score (nSPS) is 20.4. The van der Waals surface area contributed by atoms with Crippen molar-refractivity contribution in [2.45, 2.75) is 50.1 Å². The molecule has 1 aliphatic carbocycles. The number of rotatable bonds is 6. The van der Waals surface area contributed by atoms with Crippen LogP contribution in [0.3, 0.4) is 0 Å². The van der Waals surface area contributed by atoms with Gasteiger partial charge in [0.15, 0.2) is 0 Å². The third-order valence-electron chi connectivity index (χ3n) is 3.22. The van der Waals surface area contributed by atoms with Gasteiger partial charge in [0.2, 0.25) is 0 Å². The summed E-state index contributed by atoms with van der Waals surface area (Å²) in [5, 5.41) is 0. The number of hydrogen-bond acceptors (Lipinski definition) is 4. The third kappa shape index (κ3) is 5.27. The van der Waals surface area contributed by atoms with Gasteiger partial charge in [-0.05, 0) is 12.3 Å². The van der Waals surface area contributed by atoms with Crippen molar-refractivity contribution < 1.29 is 30.5 Å². The first kappa shape index (κ1) is 16.7. The molecule has 1 fully saturated rings. The lowest BCUT2D eigenvalue weighted by molar-refractivity contribution is -0.0612. The fourth-order valence-corrected chi connectivity index (χ4v) is 2.95.